The lowest BCUT2D eigenvalue weighted by Crippen LogP contribution is -2.47. The molecule has 0 aliphatic carbocycles. The Bertz CT molecular complexity index is 1970. The minimum Gasteiger partial charge on any atom is -0.475 e. The van der Waals surface area contributed by atoms with Crippen LogP contribution in [0.25, 0.3) is 22.3 Å². The molecule has 14 nitrogen and oxygen atoms in total. The number of benzene rings is 2. The van der Waals surface area contributed by atoms with Gasteiger partial charge in [0, 0.05) is 43.8 Å². The molecule has 288 valence electrons. The summed E-state index contributed by atoms with van der Waals surface area (Å²) in [5.74, 6) is -5.93. The van der Waals surface area contributed by atoms with E-state index in [1.165, 1.54) is 18.0 Å². The molecule has 5 N–H and O–H groups in total. The number of nitrogens with two attached hydrogens (primary N) is 1. The molecule has 1 saturated heterocycles. The number of carboxylic acids is 2. The van der Waals surface area contributed by atoms with Crippen LogP contribution in [-0.4, -0.2) is 95.6 Å². The topological polar surface area (TPSA) is 203 Å². The second kappa shape index (κ2) is 17.2. The lowest BCUT2D eigenvalue weighted by Gasteiger charge is -2.38. The van der Waals surface area contributed by atoms with Crippen LogP contribution in [0.5, 0.6) is 0 Å². The van der Waals surface area contributed by atoms with Gasteiger partial charge in [-0.1, -0.05) is 35.9 Å². The second-order valence-corrected chi connectivity index (χ2v) is 12.1. The highest BCUT2D eigenvalue weighted by molar-refractivity contribution is 6.31. The number of piperidine rings is 1. The average Bonchev–Trinajstić information content (AvgIpc) is 3.43. The Balaban J connectivity index is 0.000000458. The third-order valence-corrected chi connectivity index (χ3v) is 8.24. The number of halogens is 7. The number of hydrogen-bond acceptors (Lipinski definition) is 10. The van der Waals surface area contributed by atoms with Gasteiger partial charge in [-0.25, -0.2) is 19.4 Å². The number of carbonyl (C=O) groups excluding carboxylic acids is 1. The van der Waals surface area contributed by atoms with Gasteiger partial charge in [0.2, 0.25) is 0 Å². The minimum absolute atomic E-state index is 0.123. The number of hydrogen-bond donors (Lipinski definition) is 4. The predicted octanol–water partition coefficient (Wildman–Crippen LogP) is 3.99. The quantitative estimate of drug-likeness (QED) is 0.156. The summed E-state index contributed by atoms with van der Waals surface area (Å²) >= 11 is 6.37. The highest BCUT2D eigenvalue weighted by Crippen LogP contribution is 2.29. The summed E-state index contributed by atoms with van der Waals surface area (Å²) in [6.07, 6.45) is -7.74. The fourth-order valence-corrected chi connectivity index (χ4v) is 5.29. The van der Waals surface area contributed by atoms with Gasteiger partial charge in [-0.15, -0.1) is 0 Å². The van der Waals surface area contributed by atoms with Gasteiger partial charge < -0.3 is 25.8 Å². The molecule has 0 atom stereocenters. The van der Waals surface area contributed by atoms with Crippen LogP contribution >= 0.6 is 11.6 Å². The lowest BCUT2D eigenvalue weighted by molar-refractivity contribution is -0.193. The van der Waals surface area contributed by atoms with E-state index < -0.39 is 35.9 Å². The van der Waals surface area contributed by atoms with E-state index in [0.717, 1.165) is 22.4 Å². The third-order valence-electron chi connectivity index (χ3n) is 7.87. The predicted molar refractivity (Wildman–Crippen MR) is 176 cm³/mol. The van der Waals surface area contributed by atoms with E-state index in [1.54, 1.807) is 29.9 Å². The van der Waals surface area contributed by atoms with Crippen LogP contribution in [0.4, 0.5) is 26.3 Å². The van der Waals surface area contributed by atoms with E-state index in [4.69, 9.17) is 41.9 Å². The smallest absolute Gasteiger partial charge is 0.475 e. The highest BCUT2D eigenvalue weighted by Gasteiger charge is 2.39. The molecule has 1 aliphatic rings. The summed E-state index contributed by atoms with van der Waals surface area (Å²) in [6.45, 7) is 2.32. The van der Waals surface area contributed by atoms with Crippen molar-refractivity contribution in [3.63, 3.8) is 0 Å². The number of aromatic nitrogens is 4. The molecule has 0 bridgehead atoms. The van der Waals surface area contributed by atoms with Crippen LogP contribution in [-0.2, 0) is 41.0 Å². The van der Waals surface area contributed by atoms with Gasteiger partial charge in [-0.05, 0) is 42.2 Å². The first-order valence-electron chi connectivity index (χ1n) is 15.2. The Kier molecular flexibility index (Phi) is 13.7. The molecular formula is C32H33ClF6N6O8. The molecule has 53 heavy (non-hydrogen) atoms. The van der Waals surface area contributed by atoms with Gasteiger partial charge in [-0.3, -0.25) is 18.9 Å². The summed E-state index contributed by atoms with van der Waals surface area (Å²) < 4.78 is 71.4. The van der Waals surface area contributed by atoms with Crippen molar-refractivity contribution in [2.45, 2.75) is 50.4 Å². The molecule has 1 aliphatic heterocycles. The van der Waals surface area contributed by atoms with Gasteiger partial charge >= 0.3 is 30.3 Å². The molecule has 0 radical (unpaired) electrons. The summed E-state index contributed by atoms with van der Waals surface area (Å²) in [5.41, 5.74) is 9.06. The third kappa shape index (κ3) is 11.2. The zero-order valence-electron chi connectivity index (χ0n) is 27.9. The highest BCUT2D eigenvalue weighted by atomic mass is 35.5. The number of carbonyl (C=O) groups is 3. The number of alkyl halides is 6. The van der Waals surface area contributed by atoms with Crippen LogP contribution in [0.3, 0.4) is 0 Å². The number of carboxylic acid groups (broad SMARTS) is 2. The Morgan fingerprint density at radius 1 is 0.962 bits per heavy atom. The number of ether oxygens (including phenoxy) is 1. The van der Waals surface area contributed by atoms with E-state index in [-0.39, 0.29) is 17.6 Å². The zero-order valence-corrected chi connectivity index (χ0v) is 28.7. The first-order valence-corrected chi connectivity index (χ1v) is 15.6. The molecular weight excluding hydrogens is 746 g/mol. The number of rotatable bonds is 7. The number of aliphatic hydroxyl groups is 1. The number of aliphatic carboxylic acids is 2. The molecule has 2 aromatic carbocycles. The fourth-order valence-electron chi connectivity index (χ4n) is 5.11. The van der Waals surface area contributed by atoms with Crippen LogP contribution in [0, 0.1) is 0 Å². The first-order chi connectivity index (χ1) is 24.6. The van der Waals surface area contributed by atoms with Crippen LogP contribution < -0.4 is 11.3 Å². The molecule has 0 spiro atoms. The van der Waals surface area contributed by atoms with Gasteiger partial charge in [0.15, 0.2) is 5.52 Å². The maximum atomic E-state index is 13.4. The number of aryl methyl sites for hydroxylation is 1. The molecule has 3 heterocycles. The van der Waals surface area contributed by atoms with Gasteiger partial charge in [0.05, 0.1) is 36.8 Å². The number of esters is 1. The lowest BCUT2D eigenvalue weighted by atomic mass is 9.91. The number of fused-ring (bicyclic) bond motifs is 1. The van der Waals surface area contributed by atoms with E-state index in [1.807, 2.05) is 24.3 Å². The van der Waals surface area contributed by atoms with Crippen LogP contribution in [0.1, 0.15) is 34.3 Å². The maximum absolute atomic E-state index is 13.4. The Labute approximate surface area is 301 Å². The number of methoxy groups -OCH3 is 1. The molecule has 1 fully saturated rings. The monoisotopic (exact) mass is 778 g/mol. The summed E-state index contributed by atoms with van der Waals surface area (Å²) in [5, 5.41) is 30.6. The summed E-state index contributed by atoms with van der Waals surface area (Å²) in [7, 11) is 3.13. The summed E-state index contributed by atoms with van der Waals surface area (Å²) in [6, 6.07) is 12.8. The normalized spacial score (nSPS) is 14.4. The fraction of sp³-hybridized carbons (Fsp3) is 0.375. The Morgan fingerprint density at radius 3 is 2.00 bits per heavy atom. The largest absolute Gasteiger partial charge is 0.490 e. The Hall–Kier alpha value is -5.05. The molecule has 0 saturated carbocycles. The van der Waals surface area contributed by atoms with E-state index in [0.29, 0.717) is 55.1 Å². The van der Waals surface area contributed by atoms with Gasteiger partial charge in [0.25, 0.3) is 5.56 Å². The Morgan fingerprint density at radius 2 is 1.51 bits per heavy atom. The van der Waals surface area contributed by atoms with Crippen molar-refractivity contribution in [1.82, 2.24) is 24.2 Å². The minimum atomic E-state index is -5.08. The number of nitrogens with zero attached hydrogens (tertiary/aromatic N) is 5. The van der Waals surface area contributed by atoms with Crippen molar-refractivity contribution < 1.29 is 60.8 Å². The molecule has 0 amide bonds. The SMILES string of the molecule is COC(=O)c1ccc(Cl)c(CN2CCC(O)(Cn3cnc4c(-c5ccc(CN)cc5)n(C)nc4c3=O)CC2)c1.O=C(O)C(F)(F)F.O=C(O)C(F)(F)F. The van der Waals surface area contributed by atoms with Crippen molar-refractivity contribution in [2.24, 2.45) is 12.8 Å². The number of likely N-dealkylation sites (tertiary alicyclic amines) is 1. The maximum Gasteiger partial charge on any atom is 0.490 e. The standard InChI is InChI=1S/C28H31ClN6O4.2C2HF3O2/c1-33-25(19-5-3-18(14-30)4-6-19)23-24(32-33)26(36)35(17-31-23)16-28(38)9-11-34(12-10-28)15-21-13-20(27(37)39-2)7-8-22(21)29;2*3-2(4,5)1(6)7/h3-8,13,17,38H,9-12,14-16,30H2,1-2H3;2*(H,6,7). The van der Waals surface area contributed by atoms with Crippen molar-refractivity contribution in [3.05, 3.63) is 80.9 Å². The van der Waals surface area contributed by atoms with Gasteiger partial charge in [0.1, 0.15) is 5.52 Å². The van der Waals surface area contributed by atoms with E-state index in [2.05, 4.69) is 15.0 Å². The molecule has 21 heteroatoms. The van der Waals surface area contributed by atoms with Crippen molar-refractivity contribution in [3.8, 4) is 11.3 Å². The molecule has 5 rings (SSSR count). The van der Waals surface area contributed by atoms with Gasteiger partial charge in [-0.2, -0.15) is 31.4 Å². The van der Waals surface area contributed by atoms with E-state index >= 15 is 0 Å². The molecule has 2 aromatic heterocycles. The average molecular weight is 779 g/mol. The van der Waals surface area contributed by atoms with Crippen molar-refractivity contribution in [1.29, 1.82) is 0 Å². The summed E-state index contributed by atoms with van der Waals surface area (Å²) in [4.78, 5) is 49.8. The second-order valence-electron chi connectivity index (χ2n) is 11.7. The molecule has 0 unspecified atom stereocenters. The van der Waals surface area contributed by atoms with Crippen molar-refractivity contribution >= 4 is 40.5 Å². The van der Waals surface area contributed by atoms with E-state index in [9.17, 15) is 41.0 Å². The molecule has 4 aromatic rings. The first kappa shape index (κ1) is 42.4. The van der Waals surface area contributed by atoms with Crippen molar-refractivity contribution in [2.75, 3.05) is 20.2 Å². The van der Waals surface area contributed by atoms with Crippen LogP contribution in [0.2, 0.25) is 5.02 Å². The zero-order chi connectivity index (χ0) is 39.9. The van der Waals surface area contributed by atoms with Crippen LogP contribution in [0.15, 0.2) is 53.6 Å².